The average Bonchev–Trinajstić information content (AvgIpc) is 3.08. The van der Waals surface area contributed by atoms with Crippen molar-refractivity contribution in [2.75, 3.05) is 51.2 Å². The van der Waals surface area contributed by atoms with Gasteiger partial charge in [0.2, 0.25) is 0 Å². The first-order chi connectivity index (χ1) is 11.1. The maximum absolute atomic E-state index is 12.9. The van der Waals surface area contributed by atoms with Gasteiger partial charge in [-0.15, -0.1) is 0 Å². The van der Waals surface area contributed by atoms with Gasteiger partial charge in [-0.25, -0.2) is 0 Å². The Balaban J connectivity index is 1.92. The second kappa shape index (κ2) is 6.54. The number of carbonyl (C=O) groups is 1. The molecule has 2 fully saturated rings. The molecular formula is C16H22N4O3. The molecule has 7 heteroatoms. The second-order valence-corrected chi connectivity index (χ2v) is 6.25. The molecule has 0 saturated carbocycles. The molecule has 0 aromatic heterocycles. The fraction of sp³-hybridized carbons (Fsp3) is 0.562. The SMILES string of the molecule is CN1CCN(C(=O)c2cc([N+](=O)[O-])ccc2N2CCCC2)CC1. The van der Waals surface area contributed by atoms with Crippen molar-refractivity contribution in [3.63, 3.8) is 0 Å². The van der Waals surface area contributed by atoms with Crippen LogP contribution in [0.3, 0.4) is 0 Å². The van der Waals surface area contributed by atoms with Gasteiger partial charge < -0.3 is 14.7 Å². The zero-order chi connectivity index (χ0) is 16.4. The number of anilines is 1. The van der Waals surface area contributed by atoms with E-state index in [-0.39, 0.29) is 11.6 Å². The molecular weight excluding hydrogens is 296 g/mol. The molecule has 2 aliphatic rings. The van der Waals surface area contributed by atoms with E-state index in [1.54, 1.807) is 11.0 Å². The minimum atomic E-state index is -0.436. The smallest absolute Gasteiger partial charge is 0.270 e. The van der Waals surface area contributed by atoms with Gasteiger partial charge in [0.05, 0.1) is 16.2 Å². The van der Waals surface area contributed by atoms with Crippen molar-refractivity contribution >= 4 is 17.3 Å². The third kappa shape index (κ3) is 3.29. The van der Waals surface area contributed by atoms with E-state index in [2.05, 4.69) is 9.80 Å². The zero-order valence-electron chi connectivity index (χ0n) is 13.4. The van der Waals surface area contributed by atoms with Crippen LogP contribution in [0.2, 0.25) is 0 Å². The van der Waals surface area contributed by atoms with Gasteiger partial charge in [0.25, 0.3) is 11.6 Å². The first-order valence-electron chi connectivity index (χ1n) is 8.07. The molecule has 0 aliphatic carbocycles. The van der Waals surface area contributed by atoms with Crippen LogP contribution in [0.25, 0.3) is 0 Å². The van der Waals surface area contributed by atoms with Crippen LogP contribution in [0, 0.1) is 10.1 Å². The van der Waals surface area contributed by atoms with Gasteiger partial charge in [-0.1, -0.05) is 0 Å². The molecule has 1 amide bonds. The number of carbonyl (C=O) groups excluding carboxylic acids is 1. The van der Waals surface area contributed by atoms with Crippen LogP contribution in [0.5, 0.6) is 0 Å². The molecule has 2 heterocycles. The molecule has 0 atom stereocenters. The Morgan fingerprint density at radius 3 is 2.35 bits per heavy atom. The highest BCUT2D eigenvalue weighted by atomic mass is 16.6. The Bertz CT molecular complexity index is 605. The number of rotatable bonds is 3. The van der Waals surface area contributed by atoms with E-state index in [9.17, 15) is 14.9 Å². The zero-order valence-corrected chi connectivity index (χ0v) is 13.4. The Morgan fingerprint density at radius 2 is 1.74 bits per heavy atom. The molecule has 124 valence electrons. The van der Waals surface area contributed by atoms with Crippen molar-refractivity contribution < 1.29 is 9.72 Å². The predicted octanol–water partition coefficient (Wildman–Crippen LogP) is 1.58. The molecule has 0 unspecified atom stereocenters. The van der Waals surface area contributed by atoms with Crippen molar-refractivity contribution in [1.29, 1.82) is 0 Å². The number of amides is 1. The van der Waals surface area contributed by atoms with Gasteiger partial charge in [0.1, 0.15) is 0 Å². The number of nitro benzene ring substituents is 1. The minimum absolute atomic E-state index is 0.0228. The number of benzene rings is 1. The largest absolute Gasteiger partial charge is 0.371 e. The van der Waals surface area contributed by atoms with E-state index in [4.69, 9.17) is 0 Å². The molecule has 1 aromatic rings. The number of hydrogen-bond donors (Lipinski definition) is 0. The lowest BCUT2D eigenvalue weighted by molar-refractivity contribution is -0.384. The van der Waals surface area contributed by atoms with E-state index in [1.165, 1.54) is 12.1 Å². The second-order valence-electron chi connectivity index (χ2n) is 6.25. The van der Waals surface area contributed by atoms with Crippen molar-refractivity contribution in [2.24, 2.45) is 0 Å². The molecule has 0 N–H and O–H groups in total. The molecule has 0 radical (unpaired) electrons. The first-order valence-corrected chi connectivity index (χ1v) is 8.07. The predicted molar refractivity (Wildman–Crippen MR) is 87.9 cm³/mol. The monoisotopic (exact) mass is 318 g/mol. The minimum Gasteiger partial charge on any atom is -0.371 e. The summed E-state index contributed by atoms with van der Waals surface area (Å²) in [5, 5.41) is 11.1. The highest BCUT2D eigenvalue weighted by Gasteiger charge is 2.27. The van der Waals surface area contributed by atoms with Crippen LogP contribution in [0.15, 0.2) is 18.2 Å². The van der Waals surface area contributed by atoms with Gasteiger partial charge in [0, 0.05) is 51.4 Å². The average molecular weight is 318 g/mol. The van der Waals surface area contributed by atoms with Crippen molar-refractivity contribution in [1.82, 2.24) is 9.80 Å². The highest BCUT2D eigenvalue weighted by Crippen LogP contribution is 2.29. The number of likely N-dealkylation sites (N-methyl/N-ethyl adjacent to an activating group) is 1. The lowest BCUT2D eigenvalue weighted by Crippen LogP contribution is -2.47. The molecule has 0 spiro atoms. The van der Waals surface area contributed by atoms with Crippen LogP contribution in [0.4, 0.5) is 11.4 Å². The summed E-state index contributed by atoms with van der Waals surface area (Å²) in [6, 6.07) is 4.66. The molecule has 2 saturated heterocycles. The van der Waals surface area contributed by atoms with E-state index in [0.29, 0.717) is 18.7 Å². The summed E-state index contributed by atoms with van der Waals surface area (Å²) in [7, 11) is 2.03. The summed E-state index contributed by atoms with van der Waals surface area (Å²) in [4.78, 5) is 29.7. The molecule has 0 bridgehead atoms. The summed E-state index contributed by atoms with van der Waals surface area (Å²) in [5.74, 6) is -0.0938. The van der Waals surface area contributed by atoms with Crippen LogP contribution in [0.1, 0.15) is 23.2 Å². The number of non-ortho nitro benzene ring substituents is 1. The third-order valence-electron chi connectivity index (χ3n) is 4.66. The van der Waals surface area contributed by atoms with E-state index in [0.717, 1.165) is 44.7 Å². The maximum Gasteiger partial charge on any atom is 0.270 e. The summed E-state index contributed by atoms with van der Waals surface area (Å²) in [6.45, 7) is 4.80. The Kier molecular flexibility index (Phi) is 4.47. The number of nitrogens with zero attached hydrogens (tertiary/aromatic N) is 4. The lowest BCUT2D eigenvalue weighted by Gasteiger charge is -2.33. The summed E-state index contributed by atoms with van der Waals surface area (Å²) >= 11 is 0. The molecule has 2 aliphatic heterocycles. The van der Waals surface area contributed by atoms with Gasteiger partial charge in [-0.05, 0) is 26.0 Å². The summed E-state index contributed by atoms with van der Waals surface area (Å²) in [6.07, 6.45) is 2.19. The van der Waals surface area contributed by atoms with Gasteiger partial charge >= 0.3 is 0 Å². The summed E-state index contributed by atoms with van der Waals surface area (Å²) < 4.78 is 0. The normalized spacial score (nSPS) is 19.2. The first kappa shape index (κ1) is 15.7. The number of nitro groups is 1. The molecule has 7 nitrogen and oxygen atoms in total. The van der Waals surface area contributed by atoms with E-state index >= 15 is 0 Å². The molecule has 1 aromatic carbocycles. The Hall–Kier alpha value is -2.15. The number of hydrogen-bond acceptors (Lipinski definition) is 5. The standard InChI is InChI=1S/C16H22N4O3/c1-17-8-10-19(11-9-17)16(21)14-12-13(20(22)23)4-5-15(14)18-6-2-3-7-18/h4-5,12H,2-3,6-11H2,1H3. The molecule has 3 rings (SSSR count). The fourth-order valence-corrected chi connectivity index (χ4v) is 3.22. The summed E-state index contributed by atoms with van der Waals surface area (Å²) in [5.41, 5.74) is 1.27. The van der Waals surface area contributed by atoms with Gasteiger partial charge in [-0.3, -0.25) is 14.9 Å². The van der Waals surface area contributed by atoms with Crippen molar-refractivity contribution in [3.8, 4) is 0 Å². The Morgan fingerprint density at radius 1 is 1.09 bits per heavy atom. The van der Waals surface area contributed by atoms with Crippen molar-refractivity contribution in [3.05, 3.63) is 33.9 Å². The van der Waals surface area contributed by atoms with Crippen LogP contribution in [-0.2, 0) is 0 Å². The van der Waals surface area contributed by atoms with E-state index < -0.39 is 4.92 Å². The van der Waals surface area contributed by atoms with E-state index in [1.807, 2.05) is 7.05 Å². The van der Waals surface area contributed by atoms with Crippen LogP contribution >= 0.6 is 0 Å². The van der Waals surface area contributed by atoms with Crippen molar-refractivity contribution in [2.45, 2.75) is 12.8 Å². The quantitative estimate of drug-likeness (QED) is 0.625. The molecule has 23 heavy (non-hydrogen) atoms. The third-order valence-corrected chi connectivity index (χ3v) is 4.66. The number of piperazine rings is 1. The topological polar surface area (TPSA) is 69.9 Å². The maximum atomic E-state index is 12.9. The van der Waals surface area contributed by atoms with Gasteiger partial charge in [0.15, 0.2) is 0 Å². The Labute approximate surface area is 135 Å². The fourth-order valence-electron chi connectivity index (χ4n) is 3.22. The lowest BCUT2D eigenvalue weighted by atomic mass is 10.1. The van der Waals surface area contributed by atoms with Crippen LogP contribution in [-0.4, -0.2) is 66.9 Å². The van der Waals surface area contributed by atoms with Gasteiger partial charge in [-0.2, -0.15) is 0 Å². The highest BCUT2D eigenvalue weighted by molar-refractivity contribution is 6.00. The van der Waals surface area contributed by atoms with Crippen LogP contribution < -0.4 is 4.90 Å².